The van der Waals surface area contributed by atoms with Crippen LogP contribution in [0.5, 0.6) is 0 Å². The minimum Gasteiger partial charge on any atom is -0.374 e. The predicted octanol–water partition coefficient (Wildman–Crippen LogP) is 4.59. The maximum Gasteiger partial charge on any atom is 0.106 e. The number of hydrogen-bond donors (Lipinski definition) is 0. The van der Waals surface area contributed by atoms with Gasteiger partial charge in [-0.15, -0.1) is 11.8 Å². The normalized spacial score (nSPS) is 33.0. The Kier molecular flexibility index (Phi) is 6.59. The van der Waals surface area contributed by atoms with E-state index < -0.39 is 0 Å². The van der Waals surface area contributed by atoms with Crippen LogP contribution < -0.4 is 0 Å². The fourth-order valence-electron chi connectivity index (χ4n) is 2.90. The summed E-state index contributed by atoms with van der Waals surface area (Å²) >= 11 is 1.92. The van der Waals surface area contributed by atoms with Crippen molar-refractivity contribution in [3.05, 3.63) is 35.9 Å². The smallest absolute Gasteiger partial charge is 0.106 e. The zero-order valence-electron chi connectivity index (χ0n) is 13.6. The molecule has 5 unspecified atom stereocenters. The molecule has 2 nitrogen and oxygen atoms in total. The molecule has 3 heteroatoms. The van der Waals surface area contributed by atoms with E-state index in [4.69, 9.17) is 9.47 Å². The van der Waals surface area contributed by atoms with Gasteiger partial charge in [0.05, 0.1) is 19.3 Å². The highest BCUT2D eigenvalue weighted by atomic mass is 32.2. The minimum absolute atomic E-state index is 0.212. The van der Waals surface area contributed by atoms with E-state index in [0.29, 0.717) is 36.4 Å². The van der Waals surface area contributed by atoms with Gasteiger partial charge in [-0.2, -0.15) is 0 Å². The Morgan fingerprint density at radius 3 is 2.43 bits per heavy atom. The van der Waals surface area contributed by atoms with Crippen LogP contribution in [0.2, 0.25) is 0 Å². The molecule has 118 valence electrons. The van der Waals surface area contributed by atoms with Gasteiger partial charge in [-0.1, -0.05) is 58.0 Å². The van der Waals surface area contributed by atoms with Crippen molar-refractivity contribution in [3.63, 3.8) is 0 Å². The summed E-state index contributed by atoms with van der Waals surface area (Å²) in [5.41, 5.74) is 1.54. The Labute approximate surface area is 133 Å². The van der Waals surface area contributed by atoms with Gasteiger partial charge >= 0.3 is 0 Å². The third-order valence-corrected chi connectivity index (χ3v) is 5.91. The molecule has 0 bridgehead atoms. The van der Waals surface area contributed by atoms with Crippen LogP contribution in [-0.4, -0.2) is 23.9 Å². The Morgan fingerprint density at radius 1 is 1.05 bits per heavy atom. The van der Waals surface area contributed by atoms with Crippen molar-refractivity contribution in [3.8, 4) is 0 Å². The molecule has 1 saturated heterocycles. The quantitative estimate of drug-likeness (QED) is 0.766. The highest BCUT2D eigenvalue weighted by Gasteiger charge is 2.38. The molecule has 0 radical (unpaired) electrons. The van der Waals surface area contributed by atoms with E-state index in [0.717, 1.165) is 5.75 Å². The van der Waals surface area contributed by atoms with Crippen molar-refractivity contribution in [2.75, 3.05) is 12.4 Å². The van der Waals surface area contributed by atoms with Crippen LogP contribution in [0.3, 0.4) is 0 Å². The molecule has 0 N–H and O–H groups in total. The lowest BCUT2D eigenvalue weighted by molar-refractivity contribution is -0.125. The molecule has 0 amide bonds. The van der Waals surface area contributed by atoms with Crippen LogP contribution in [0.4, 0.5) is 0 Å². The molecule has 1 heterocycles. The van der Waals surface area contributed by atoms with Gasteiger partial charge in [-0.3, -0.25) is 0 Å². The van der Waals surface area contributed by atoms with E-state index in [-0.39, 0.29) is 6.10 Å². The molecule has 0 aromatic heterocycles. The molecule has 2 rings (SSSR count). The first-order valence-electron chi connectivity index (χ1n) is 8.02. The van der Waals surface area contributed by atoms with Gasteiger partial charge < -0.3 is 9.47 Å². The van der Waals surface area contributed by atoms with Crippen LogP contribution >= 0.6 is 11.8 Å². The molecule has 1 aromatic carbocycles. The van der Waals surface area contributed by atoms with Gasteiger partial charge in [0.1, 0.15) is 5.44 Å². The summed E-state index contributed by atoms with van der Waals surface area (Å²) in [6, 6.07) is 10.3. The Hall–Kier alpha value is -0.510. The van der Waals surface area contributed by atoms with E-state index in [2.05, 4.69) is 52.0 Å². The molecule has 0 spiro atoms. The molecule has 5 atom stereocenters. The average Bonchev–Trinajstić information content (AvgIpc) is 2.51. The number of rotatable bonds is 6. The van der Waals surface area contributed by atoms with E-state index >= 15 is 0 Å². The van der Waals surface area contributed by atoms with Crippen molar-refractivity contribution < 1.29 is 9.47 Å². The SMILES string of the molecule is CCSC1OC(COCc2ccccc2)C(C)C(C)C1C. The molecule has 1 aromatic rings. The molecule has 1 aliphatic rings. The zero-order chi connectivity index (χ0) is 15.2. The first-order valence-corrected chi connectivity index (χ1v) is 9.07. The molecule has 0 saturated carbocycles. The first-order chi connectivity index (χ1) is 10.1. The minimum atomic E-state index is 0.212. The van der Waals surface area contributed by atoms with Crippen LogP contribution in [0.1, 0.15) is 33.3 Å². The van der Waals surface area contributed by atoms with E-state index in [1.807, 2.05) is 17.8 Å². The van der Waals surface area contributed by atoms with Gasteiger partial charge in [0, 0.05) is 0 Å². The van der Waals surface area contributed by atoms with Crippen molar-refractivity contribution in [1.29, 1.82) is 0 Å². The van der Waals surface area contributed by atoms with Crippen molar-refractivity contribution in [2.45, 2.75) is 45.8 Å². The van der Waals surface area contributed by atoms with Crippen LogP contribution in [0.25, 0.3) is 0 Å². The number of hydrogen-bond acceptors (Lipinski definition) is 3. The van der Waals surface area contributed by atoms with Crippen molar-refractivity contribution in [1.82, 2.24) is 0 Å². The van der Waals surface area contributed by atoms with E-state index in [1.165, 1.54) is 5.56 Å². The monoisotopic (exact) mass is 308 g/mol. The lowest BCUT2D eigenvalue weighted by Crippen LogP contribution is -2.45. The van der Waals surface area contributed by atoms with E-state index in [9.17, 15) is 0 Å². The van der Waals surface area contributed by atoms with Crippen molar-refractivity contribution >= 4 is 11.8 Å². The number of benzene rings is 1. The standard InChI is InChI=1S/C18H28O2S/c1-5-21-18-15(4)13(2)14(3)17(20-18)12-19-11-16-9-7-6-8-10-16/h6-10,13-15,17-18H,5,11-12H2,1-4H3. The first kappa shape index (κ1) is 16.9. The highest BCUT2D eigenvalue weighted by Crippen LogP contribution is 2.39. The second kappa shape index (κ2) is 8.21. The second-order valence-electron chi connectivity index (χ2n) is 6.08. The fourth-order valence-corrected chi connectivity index (χ4v) is 4.00. The maximum atomic E-state index is 6.30. The second-order valence-corrected chi connectivity index (χ2v) is 7.45. The molecule has 21 heavy (non-hydrogen) atoms. The van der Waals surface area contributed by atoms with Gasteiger partial charge in [0.15, 0.2) is 0 Å². The van der Waals surface area contributed by atoms with Gasteiger partial charge in [0.25, 0.3) is 0 Å². The van der Waals surface area contributed by atoms with Gasteiger partial charge in [0.2, 0.25) is 0 Å². The molecule has 0 aliphatic carbocycles. The summed E-state index contributed by atoms with van der Waals surface area (Å²) in [6.07, 6.45) is 0.212. The summed E-state index contributed by atoms with van der Waals surface area (Å²) in [4.78, 5) is 0. The van der Waals surface area contributed by atoms with Gasteiger partial charge in [-0.25, -0.2) is 0 Å². The average molecular weight is 308 g/mol. The highest BCUT2D eigenvalue weighted by molar-refractivity contribution is 7.99. The molecule has 1 fully saturated rings. The van der Waals surface area contributed by atoms with Crippen molar-refractivity contribution in [2.24, 2.45) is 17.8 Å². The third-order valence-electron chi connectivity index (χ3n) is 4.71. The fraction of sp³-hybridized carbons (Fsp3) is 0.667. The third kappa shape index (κ3) is 4.48. The topological polar surface area (TPSA) is 18.5 Å². The Balaban J connectivity index is 1.86. The van der Waals surface area contributed by atoms with Crippen LogP contribution in [-0.2, 0) is 16.1 Å². The van der Waals surface area contributed by atoms with Crippen LogP contribution in [0, 0.1) is 17.8 Å². The summed E-state index contributed by atoms with van der Waals surface area (Å²) in [6.45, 7) is 10.5. The maximum absolute atomic E-state index is 6.30. The number of thioether (sulfide) groups is 1. The summed E-state index contributed by atoms with van der Waals surface area (Å²) in [5.74, 6) is 2.93. The largest absolute Gasteiger partial charge is 0.374 e. The van der Waals surface area contributed by atoms with Crippen LogP contribution in [0.15, 0.2) is 30.3 Å². The summed E-state index contributed by atoms with van der Waals surface area (Å²) < 4.78 is 12.2. The summed E-state index contributed by atoms with van der Waals surface area (Å²) in [5, 5.41) is 0. The lowest BCUT2D eigenvalue weighted by Gasteiger charge is -2.43. The van der Waals surface area contributed by atoms with E-state index in [1.54, 1.807) is 0 Å². The van der Waals surface area contributed by atoms with Gasteiger partial charge in [-0.05, 0) is 29.1 Å². The number of ether oxygens (including phenoxy) is 2. The summed E-state index contributed by atoms with van der Waals surface area (Å²) in [7, 11) is 0. The Bertz CT molecular complexity index is 409. The zero-order valence-corrected chi connectivity index (χ0v) is 14.4. The molecular formula is C18H28O2S. The predicted molar refractivity (Wildman–Crippen MR) is 90.4 cm³/mol. The molecule has 1 aliphatic heterocycles. The lowest BCUT2D eigenvalue weighted by atomic mass is 9.80. The Morgan fingerprint density at radius 2 is 1.76 bits per heavy atom. The molecular weight excluding hydrogens is 280 g/mol.